The number of hydrogen-bond acceptors (Lipinski definition) is 6. The number of ether oxygens (including phenoxy) is 3. The Morgan fingerprint density at radius 1 is 1.23 bits per heavy atom. The first-order valence-corrected chi connectivity index (χ1v) is 9.66. The average molecular weight is 431 g/mol. The van der Waals surface area contributed by atoms with Crippen LogP contribution in [0.25, 0.3) is 0 Å². The summed E-state index contributed by atoms with van der Waals surface area (Å²) in [5.74, 6) is 0.774. The first kappa shape index (κ1) is 21.0. The van der Waals surface area contributed by atoms with Gasteiger partial charge in [0.2, 0.25) is 0 Å². The molecular formula is C18H27BrN2O5. The molecular weight excluding hydrogens is 404 g/mol. The van der Waals surface area contributed by atoms with E-state index in [0.717, 1.165) is 23.3 Å². The third kappa shape index (κ3) is 7.11. The van der Waals surface area contributed by atoms with Gasteiger partial charge in [0, 0.05) is 32.7 Å². The van der Waals surface area contributed by atoms with Crippen molar-refractivity contribution in [2.24, 2.45) is 0 Å². The van der Waals surface area contributed by atoms with Crippen LogP contribution < -0.4 is 4.74 Å². The Labute approximate surface area is 162 Å². The molecule has 0 radical (unpaired) electrons. The van der Waals surface area contributed by atoms with Crippen LogP contribution in [0.2, 0.25) is 0 Å². The zero-order valence-electron chi connectivity index (χ0n) is 15.1. The predicted molar refractivity (Wildman–Crippen MR) is 101 cm³/mol. The summed E-state index contributed by atoms with van der Waals surface area (Å²) in [6.07, 6.45) is -0.825. The second-order valence-electron chi connectivity index (χ2n) is 5.99. The Kier molecular flexibility index (Phi) is 9.17. The van der Waals surface area contributed by atoms with E-state index in [4.69, 9.17) is 14.2 Å². The van der Waals surface area contributed by atoms with Crippen LogP contribution in [0.5, 0.6) is 5.75 Å². The molecule has 0 spiro atoms. The van der Waals surface area contributed by atoms with Crippen molar-refractivity contribution in [2.75, 3.05) is 59.2 Å². The minimum atomic E-state index is -0.562. The fourth-order valence-electron chi connectivity index (χ4n) is 2.67. The monoisotopic (exact) mass is 430 g/mol. The van der Waals surface area contributed by atoms with Crippen LogP contribution in [0, 0.1) is 0 Å². The number of aliphatic hydroxyl groups excluding tert-OH is 1. The zero-order chi connectivity index (χ0) is 18.8. The fourth-order valence-corrected chi connectivity index (χ4v) is 3.07. The smallest absolute Gasteiger partial charge is 0.409 e. The van der Waals surface area contributed by atoms with Gasteiger partial charge in [-0.05, 0) is 35.0 Å². The van der Waals surface area contributed by atoms with E-state index in [1.165, 1.54) is 0 Å². The molecule has 1 unspecified atom stereocenters. The second kappa shape index (κ2) is 11.4. The summed E-state index contributed by atoms with van der Waals surface area (Å²) < 4.78 is 17.0. The van der Waals surface area contributed by atoms with Crippen molar-refractivity contribution < 1.29 is 24.1 Å². The lowest BCUT2D eigenvalue weighted by molar-refractivity contribution is -0.000140. The number of aliphatic hydroxyl groups is 1. The molecule has 1 saturated heterocycles. The molecule has 1 aromatic rings. The Morgan fingerprint density at radius 2 is 1.96 bits per heavy atom. The third-order valence-corrected chi connectivity index (χ3v) is 4.65. The van der Waals surface area contributed by atoms with Crippen LogP contribution >= 0.6 is 15.9 Å². The van der Waals surface area contributed by atoms with Crippen LogP contribution in [0.1, 0.15) is 6.92 Å². The average Bonchev–Trinajstić information content (AvgIpc) is 2.63. The summed E-state index contributed by atoms with van der Waals surface area (Å²) in [5, 5.41) is 10.1. The quantitative estimate of drug-likeness (QED) is 0.603. The standard InChI is InChI=1S/C18H27BrN2O5/c1-2-25-18(23)21-9-7-20(8-10-21)13-15(22)14-24-11-12-26-17-6-4-3-5-16(17)19/h3-6,15,22H,2,7-14H2,1H3. The van der Waals surface area contributed by atoms with Gasteiger partial charge >= 0.3 is 6.09 Å². The predicted octanol–water partition coefficient (Wildman–Crippen LogP) is 1.98. The van der Waals surface area contributed by atoms with Gasteiger partial charge in [-0.3, -0.25) is 4.90 Å². The molecule has 1 atom stereocenters. The van der Waals surface area contributed by atoms with Crippen LogP contribution in [-0.4, -0.2) is 86.3 Å². The summed E-state index contributed by atoms with van der Waals surface area (Å²) in [4.78, 5) is 15.5. The van der Waals surface area contributed by atoms with Crippen molar-refractivity contribution >= 4 is 22.0 Å². The SMILES string of the molecule is CCOC(=O)N1CCN(CC(O)COCCOc2ccccc2Br)CC1. The number of nitrogens with zero attached hydrogens (tertiary/aromatic N) is 2. The van der Waals surface area contributed by atoms with Gasteiger partial charge in [-0.15, -0.1) is 0 Å². The van der Waals surface area contributed by atoms with Crippen molar-refractivity contribution in [1.29, 1.82) is 0 Å². The number of carbonyl (C=O) groups is 1. The lowest BCUT2D eigenvalue weighted by atomic mass is 10.3. The van der Waals surface area contributed by atoms with E-state index >= 15 is 0 Å². The number of benzene rings is 1. The largest absolute Gasteiger partial charge is 0.490 e. The van der Waals surface area contributed by atoms with Crippen LogP contribution in [0.4, 0.5) is 4.79 Å². The summed E-state index contributed by atoms with van der Waals surface area (Å²) >= 11 is 3.42. The van der Waals surface area contributed by atoms with Gasteiger partial charge in [-0.2, -0.15) is 0 Å². The summed E-state index contributed by atoms with van der Waals surface area (Å²) in [7, 11) is 0. The summed E-state index contributed by atoms with van der Waals surface area (Å²) in [6, 6.07) is 7.64. The van der Waals surface area contributed by atoms with Crippen LogP contribution in [-0.2, 0) is 9.47 Å². The van der Waals surface area contributed by atoms with Gasteiger partial charge in [0.05, 0.1) is 30.4 Å². The van der Waals surface area contributed by atoms with Crippen molar-refractivity contribution in [3.8, 4) is 5.75 Å². The van der Waals surface area contributed by atoms with Gasteiger partial charge in [0.1, 0.15) is 12.4 Å². The number of rotatable bonds is 9. The Morgan fingerprint density at radius 3 is 2.65 bits per heavy atom. The highest BCUT2D eigenvalue weighted by molar-refractivity contribution is 9.10. The highest BCUT2D eigenvalue weighted by Gasteiger charge is 2.23. The maximum atomic E-state index is 11.7. The van der Waals surface area contributed by atoms with E-state index in [1.807, 2.05) is 24.3 Å². The van der Waals surface area contributed by atoms with Gasteiger partial charge < -0.3 is 24.2 Å². The molecule has 1 N–H and O–H groups in total. The molecule has 26 heavy (non-hydrogen) atoms. The molecule has 1 aromatic carbocycles. The number of β-amino-alcohol motifs (C(OH)–C–C–N with tert-alkyl or cyclic N) is 1. The molecule has 1 heterocycles. The molecule has 8 heteroatoms. The number of hydrogen-bond donors (Lipinski definition) is 1. The highest BCUT2D eigenvalue weighted by atomic mass is 79.9. The van der Waals surface area contributed by atoms with Crippen molar-refractivity contribution in [3.05, 3.63) is 28.7 Å². The lowest BCUT2D eigenvalue weighted by Gasteiger charge is -2.34. The second-order valence-corrected chi connectivity index (χ2v) is 6.85. The third-order valence-electron chi connectivity index (χ3n) is 4.00. The summed E-state index contributed by atoms with van der Waals surface area (Å²) in [6.45, 7) is 6.50. The summed E-state index contributed by atoms with van der Waals surface area (Å²) in [5.41, 5.74) is 0. The minimum Gasteiger partial charge on any atom is -0.490 e. The molecule has 1 aliphatic heterocycles. The molecule has 1 amide bonds. The van der Waals surface area contributed by atoms with E-state index in [-0.39, 0.29) is 12.7 Å². The van der Waals surface area contributed by atoms with E-state index in [0.29, 0.717) is 39.5 Å². The van der Waals surface area contributed by atoms with E-state index < -0.39 is 6.10 Å². The topological polar surface area (TPSA) is 71.5 Å². The molecule has 0 aliphatic carbocycles. The molecule has 1 aliphatic rings. The number of piperazine rings is 1. The zero-order valence-corrected chi connectivity index (χ0v) is 16.7. The fraction of sp³-hybridized carbons (Fsp3) is 0.611. The van der Waals surface area contributed by atoms with E-state index in [9.17, 15) is 9.90 Å². The molecule has 0 saturated carbocycles. The first-order chi connectivity index (χ1) is 12.6. The van der Waals surface area contributed by atoms with E-state index in [2.05, 4.69) is 20.8 Å². The molecule has 0 aromatic heterocycles. The number of halogens is 1. The van der Waals surface area contributed by atoms with Crippen LogP contribution in [0.3, 0.4) is 0 Å². The first-order valence-electron chi connectivity index (χ1n) is 8.87. The Balaban J connectivity index is 1.55. The maximum Gasteiger partial charge on any atom is 0.409 e. The molecule has 0 bridgehead atoms. The highest BCUT2D eigenvalue weighted by Crippen LogP contribution is 2.23. The molecule has 2 rings (SSSR count). The van der Waals surface area contributed by atoms with Gasteiger partial charge in [-0.1, -0.05) is 12.1 Å². The number of para-hydroxylation sites is 1. The van der Waals surface area contributed by atoms with Crippen molar-refractivity contribution in [2.45, 2.75) is 13.0 Å². The molecule has 146 valence electrons. The maximum absolute atomic E-state index is 11.7. The number of amides is 1. The normalized spacial score (nSPS) is 16.3. The Bertz CT molecular complexity index is 552. The lowest BCUT2D eigenvalue weighted by Crippen LogP contribution is -2.51. The van der Waals surface area contributed by atoms with Crippen molar-refractivity contribution in [3.63, 3.8) is 0 Å². The molecule has 7 nitrogen and oxygen atoms in total. The Hall–Kier alpha value is -1.35. The van der Waals surface area contributed by atoms with Gasteiger partial charge in [0.15, 0.2) is 0 Å². The number of carbonyl (C=O) groups excluding carboxylic acids is 1. The minimum absolute atomic E-state index is 0.261. The van der Waals surface area contributed by atoms with Crippen molar-refractivity contribution in [1.82, 2.24) is 9.80 Å². The van der Waals surface area contributed by atoms with Gasteiger partial charge in [0.25, 0.3) is 0 Å². The van der Waals surface area contributed by atoms with Crippen LogP contribution in [0.15, 0.2) is 28.7 Å². The van der Waals surface area contributed by atoms with Gasteiger partial charge in [-0.25, -0.2) is 4.79 Å². The molecule has 1 fully saturated rings. The van der Waals surface area contributed by atoms with E-state index in [1.54, 1.807) is 11.8 Å².